The number of nitrogens with zero attached hydrogens (tertiary/aromatic N) is 1. The van der Waals surface area contributed by atoms with E-state index in [1.54, 1.807) is 0 Å². The van der Waals surface area contributed by atoms with Gasteiger partial charge in [-0.1, -0.05) is 0 Å². The lowest BCUT2D eigenvalue weighted by Gasteiger charge is -1.99. The highest BCUT2D eigenvalue weighted by Gasteiger charge is 2.27. The van der Waals surface area contributed by atoms with E-state index in [0.29, 0.717) is 12.1 Å². The maximum absolute atomic E-state index is 12.8. The van der Waals surface area contributed by atoms with Gasteiger partial charge >= 0.3 is 10.2 Å². The Balaban J connectivity index is 3.64. The lowest BCUT2D eigenvalue weighted by molar-refractivity contribution is -0.388. The highest BCUT2D eigenvalue weighted by molar-refractivity contribution is 9.10. The minimum absolute atomic E-state index is 0.330. The summed E-state index contributed by atoms with van der Waals surface area (Å²) < 4.78 is 46.1. The van der Waals surface area contributed by atoms with Crippen LogP contribution < -0.4 is 0 Å². The van der Waals surface area contributed by atoms with Gasteiger partial charge in [-0.25, -0.2) is 4.39 Å². The average Bonchev–Trinajstić information content (AvgIpc) is 2.06. The van der Waals surface area contributed by atoms with Gasteiger partial charge in [-0.3, -0.25) is 10.1 Å². The molecular formula is C6H2BrF2NO4S. The van der Waals surface area contributed by atoms with Gasteiger partial charge in [0.2, 0.25) is 0 Å². The molecule has 0 N–H and O–H groups in total. The maximum atomic E-state index is 12.8. The van der Waals surface area contributed by atoms with Crippen molar-refractivity contribution in [2.75, 3.05) is 0 Å². The van der Waals surface area contributed by atoms with E-state index in [1.807, 2.05) is 0 Å². The summed E-state index contributed by atoms with van der Waals surface area (Å²) in [5.74, 6) is -1.05. The highest BCUT2D eigenvalue weighted by atomic mass is 79.9. The second-order valence-corrected chi connectivity index (χ2v) is 4.60. The monoisotopic (exact) mass is 301 g/mol. The zero-order chi connectivity index (χ0) is 11.8. The summed E-state index contributed by atoms with van der Waals surface area (Å²) in [4.78, 5) is 7.97. The first-order chi connectivity index (χ1) is 6.73. The number of hydrogen-bond acceptors (Lipinski definition) is 4. The Morgan fingerprint density at radius 1 is 1.40 bits per heavy atom. The van der Waals surface area contributed by atoms with Crippen molar-refractivity contribution in [2.45, 2.75) is 4.90 Å². The quantitative estimate of drug-likeness (QED) is 0.476. The van der Waals surface area contributed by atoms with Crippen molar-refractivity contribution in [2.24, 2.45) is 0 Å². The minimum atomic E-state index is -5.26. The van der Waals surface area contributed by atoms with Crippen molar-refractivity contribution in [3.8, 4) is 0 Å². The van der Waals surface area contributed by atoms with Crippen LogP contribution >= 0.6 is 15.9 Å². The Bertz CT molecular complexity index is 530. The largest absolute Gasteiger partial charge is 0.339 e. The average molecular weight is 302 g/mol. The van der Waals surface area contributed by atoms with E-state index < -0.39 is 31.5 Å². The third-order valence-corrected chi connectivity index (χ3v) is 2.92. The van der Waals surface area contributed by atoms with Gasteiger partial charge in [0.05, 0.1) is 15.5 Å². The Labute approximate surface area is 91.2 Å². The Morgan fingerprint density at radius 3 is 2.33 bits per heavy atom. The zero-order valence-corrected chi connectivity index (χ0v) is 9.18. The molecule has 0 fully saturated rings. The van der Waals surface area contributed by atoms with Crippen LogP contribution in [0.1, 0.15) is 0 Å². The normalized spacial score (nSPS) is 11.4. The first-order valence-corrected chi connectivity index (χ1v) is 5.49. The molecule has 0 aliphatic heterocycles. The molecule has 0 amide bonds. The second kappa shape index (κ2) is 3.81. The topological polar surface area (TPSA) is 77.3 Å². The van der Waals surface area contributed by atoms with E-state index in [-0.39, 0.29) is 4.47 Å². The lowest BCUT2D eigenvalue weighted by Crippen LogP contribution is -2.00. The van der Waals surface area contributed by atoms with Crippen LogP contribution in [-0.4, -0.2) is 13.3 Å². The Kier molecular flexibility index (Phi) is 3.05. The molecule has 0 heterocycles. The molecule has 5 nitrogen and oxygen atoms in total. The van der Waals surface area contributed by atoms with Gasteiger partial charge in [-0.05, 0) is 22.0 Å². The van der Waals surface area contributed by atoms with Crippen molar-refractivity contribution in [3.63, 3.8) is 0 Å². The van der Waals surface area contributed by atoms with Gasteiger partial charge in [-0.15, -0.1) is 3.89 Å². The molecule has 0 saturated carbocycles. The summed E-state index contributed by atoms with van der Waals surface area (Å²) in [7, 11) is -5.26. The predicted octanol–water partition coefficient (Wildman–Crippen LogP) is 2.15. The Hall–Kier alpha value is -1.09. The van der Waals surface area contributed by atoms with E-state index >= 15 is 0 Å². The molecular weight excluding hydrogens is 300 g/mol. The number of nitro benzene ring substituents is 1. The fraction of sp³-hybridized carbons (Fsp3) is 0. The van der Waals surface area contributed by atoms with E-state index in [2.05, 4.69) is 15.9 Å². The standard InChI is InChI=1S/C6H2BrF2NO4S/c7-3-1-6(15(9,13)14)5(10(11)12)2-4(3)8/h1-2H. The van der Waals surface area contributed by atoms with Crippen LogP contribution in [0.15, 0.2) is 21.5 Å². The first kappa shape index (κ1) is 12.0. The van der Waals surface area contributed by atoms with Crippen molar-refractivity contribution in [3.05, 3.63) is 32.5 Å². The van der Waals surface area contributed by atoms with Crippen molar-refractivity contribution >= 4 is 31.8 Å². The third kappa shape index (κ3) is 2.48. The van der Waals surface area contributed by atoms with Crippen LogP contribution in [0.25, 0.3) is 0 Å². The summed E-state index contributed by atoms with van der Waals surface area (Å²) in [5, 5.41) is 10.3. The molecule has 0 aliphatic rings. The summed E-state index contributed by atoms with van der Waals surface area (Å²) in [5.41, 5.74) is -1.14. The van der Waals surface area contributed by atoms with Crippen LogP contribution in [0.2, 0.25) is 0 Å². The molecule has 1 aromatic rings. The molecule has 0 bridgehead atoms. The van der Waals surface area contributed by atoms with Crippen LogP contribution in [-0.2, 0) is 10.2 Å². The van der Waals surface area contributed by atoms with E-state index in [9.17, 15) is 26.8 Å². The number of nitro groups is 1. The first-order valence-electron chi connectivity index (χ1n) is 3.31. The molecule has 0 atom stereocenters. The minimum Gasteiger partial charge on any atom is -0.258 e. The van der Waals surface area contributed by atoms with Gasteiger partial charge in [-0.2, -0.15) is 8.42 Å². The molecule has 0 saturated heterocycles. The fourth-order valence-electron chi connectivity index (χ4n) is 0.856. The van der Waals surface area contributed by atoms with Gasteiger partial charge in [0, 0.05) is 0 Å². The van der Waals surface area contributed by atoms with Crippen molar-refractivity contribution in [1.82, 2.24) is 0 Å². The lowest BCUT2D eigenvalue weighted by atomic mass is 10.3. The van der Waals surface area contributed by atoms with Crippen LogP contribution in [0.3, 0.4) is 0 Å². The molecule has 0 radical (unpaired) electrons. The molecule has 0 aromatic heterocycles. The van der Waals surface area contributed by atoms with Crippen LogP contribution in [0.4, 0.5) is 14.0 Å². The summed E-state index contributed by atoms with van der Waals surface area (Å²) in [6.45, 7) is 0. The molecule has 0 unspecified atom stereocenters. The highest BCUT2D eigenvalue weighted by Crippen LogP contribution is 2.30. The zero-order valence-electron chi connectivity index (χ0n) is 6.78. The summed E-state index contributed by atoms with van der Waals surface area (Å²) in [6, 6.07) is 0.833. The van der Waals surface area contributed by atoms with E-state index in [4.69, 9.17) is 0 Å². The SMILES string of the molecule is O=[N+]([O-])c1cc(F)c(Br)cc1S(=O)(=O)F. The summed E-state index contributed by atoms with van der Waals surface area (Å²) >= 11 is 2.59. The van der Waals surface area contributed by atoms with Gasteiger partial charge in [0.1, 0.15) is 5.82 Å². The van der Waals surface area contributed by atoms with Gasteiger partial charge in [0.25, 0.3) is 5.69 Å². The Morgan fingerprint density at radius 2 is 1.93 bits per heavy atom. The summed E-state index contributed by atoms with van der Waals surface area (Å²) in [6.07, 6.45) is 0. The fourth-order valence-corrected chi connectivity index (χ4v) is 1.99. The maximum Gasteiger partial charge on any atom is 0.339 e. The molecule has 0 spiro atoms. The molecule has 82 valence electrons. The second-order valence-electron chi connectivity index (χ2n) is 2.43. The number of hydrogen-bond donors (Lipinski definition) is 0. The van der Waals surface area contributed by atoms with Crippen LogP contribution in [0, 0.1) is 15.9 Å². The van der Waals surface area contributed by atoms with E-state index in [0.717, 1.165) is 0 Å². The predicted molar refractivity (Wildman–Crippen MR) is 49.0 cm³/mol. The van der Waals surface area contributed by atoms with Gasteiger partial charge < -0.3 is 0 Å². The molecule has 15 heavy (non-hydrogen) atoms. The van der Waals surface area contributed by atoms with E-state index in [1.165, 1.54) is 0 Å². The number of halogens is 3. The smallest absolute Gasteiger partial charge is 0.258 e. The number of benzene rings is 1. The third-order valence-electron chi connectivity index (χ3n) is 1.46. The number of rotatable bonds is 2. The molecule has 9 heteroatoms. The van der Waals surface area contributed by atoms with Crippen molar-refractivity contribution < 1.29 is 21.6 Å². The van der Waals surface area contributed by atoms with Crippen molar-refractivity contribution in [1.29, 1.82) is 0 Å². The molecule has 0 aliphatic carbocycles. The van der Waals surface area contributed by atoms with Crippen LogP contribution in [0.5, 0.6) is 0 Å². The van der Waals surface area contributed by atoms with Gasteiger partial charge in [0.15, 0.2) is 4.90 Å². The molecule has 1 aromatic carbocycles. The molecule has 1 rings (SSSR count).